The van der Waals surface area contributed by atoms with Crippen LogP contribution in [0.25, 0.3) is 0 Å². The van der Waals surface area contributed by atoms with Gasteiger partial charge < -0.3 is 15.2 Å². The van der Waals surface area contributed by atoms with Gasteiger partial charge in [-0.1, -0.05) is 27.2 Å². The van der Waals surface area contributed by atoms with Gasteiger partial charge in [0, 0.05) is 12.6 Å². The highest BCUT2D eigenvalue weighted by molar-refractivity contribution is 4.84. The largest absolute Gasteiger partial charge is 0.394 e. The van der Waals surface area contributed by atoms with E-state index in [9.17, 15) is 0 Å². The third kappa shape index (κ3) is 5.25. The third-order valence-electron chi connectivity index (χ3n) is 4.66. The molecule has 1 aliphatic rings. The maximum atomic E-state index is 8.60. The van der Waals surface area contributed by atoms with Crippen LogP contribution in [0.4, 0.5) is 0 Å². The van der Waals surface area contributed by atoms with Gasteiger partial charge in [0.1, 0.15) is 0 Å². The minimum Gasteiger partial charge on any atom is -0.394 e. The number of aliphatic hydroxyl groups excluding tert-OH is 1. The van der Waals surface area contributed by atoms with Crippen LogP contribution in [0.1, 0.15) is 52.9 Å². The minimum absolute atomic E-state index is 0.122. The number of hydrogen-bond donors (Lipinski definition) is 2. The molecule has 18 heavy (non-hydrogen) atoms. The Balaban J connectivity index is 2.12. The summed E-state index contributed by atoms with van der Waals surface area (Å²) < 4.78 is 5.25. The van der Waals surface area contributed by atoms with Gasteiger partial charge in [0.05, 0.1) is 19.8 Å². The van der Waals surface area contributed by atoms with Gasteiger partial charge in [-0.15, -0.1) is 0 Å². The van der Waals surface area contributed by atoms with E-state index in [4.69, 9.17) is 9.84 Å². The molecule has 0 unspecified atom stereocenters. The minimum atomic E-state index is 0.122. The molecule has 0 aromatic rings. The van der Waals surface area contributed by atoms with Gasteiger partial charge in [-0.05, 0) is 37.0 Å². The molecule has 0 atom stereocenters. The molecule has 2 N–H and O–H groups in total. The molecular formula is C15H31NO2. The molecule has 0 aliphatic heterocycles. The monoisotopic (exact) mass is 257 g/mol. The number of aliphatic hydroxyl groups is 1. The molecule has 0 heterocycles. The van der Waals surface area contributed by atoms with E-state index in [1.165, 1.54) is 32.1 Å². The molecule has 0 bridgehead atoms. The lowest BCUT2D eigenvalue weighted by Gasteiger charge is -2.39. The zero-order valence-electron chi connectivity index (χ0n) is 12.4. The number of rotatable bonds is 8. The second-order valence-corrected chi connectivity index (χ2v) is 6.18. The lowest BCUT2D eigenvalue weighted by molar-refractivity contribution is 0.0886. The van der Waals surface area contributed by atoms with Crippen LogP contribution in [0.5, 0.6) is 0 Å². The van der Waals surface area contributed by atoms with E-state index in [0.29, 0.717) is 24.7 Å². The Hall–Kier alpha value is -0.120. The first-order chi connectivity index (χ1) is 8.60. The predicted octanol–water partition coefficient (Wildman–Crippen LogP) is 2.58. The molecule has 0 radical (unpaired) electrons. The first-order valence-corrected chi connectivity index (χ1v) is 7.52. The fourth-order valence-corrected chi connectivity index (χ4v) is 2.87. The molecule has 0 amide bonds. The van der Waals surface area contributed by atoms with Gasteiger partial charge in [0.25, 0.3) is 0 Å². The van der Waals surface area contributed by atoms with Crippen LogP contribution in [0.15, 0.2) is 0 Å². The van der Waals surface area contributed by atoms with Crippen molar-refractivity contribution < 1.29 is 9.84 Å². The second kappa shape index (κ2) is 8.13. The van der Waals surface area contributed by atoms with Gasteiger partial charge in [-0.25, -0.2) is 0 Å². The zero-order valence-corrected chi connectivity index (χ0v) is 12.4. The van der Waals surface area contributed by atoms with E-state index < -0.39 is 0 Å². The van der Waals surface area contributed by atoms with Crippen LogP contribution in [0.2, 0.25) is 0 Å². The summed E-state index contributed by atoms with van der Waals surface area (Å²) in [5.74, 6) is 0.895. The zero-order chi connectivity index (χ0) is 13.4. The Bertz CT molecular complexity index is 211. The van der Waals surface area contributed by atoms with Gasteiger partial charge in [-0.3, -0.25) is 0 Å². The maximum Gasteiger partial charge on any atom is 0.0698 e. The summed E-state index contributed by atoms with van der Waals surface area (Å²) in [6.07, 6.45) is 6.60. The van der Waals surface area contributed by atoms with E-state index in [-0.39, 0.29) is 6.61 Å². The van der Waals surface area contributed by atoms with Crippen molar-refractivity contribution in [3.05, 3.63) is 0 Å². The SMILES string of the molecule is CCC(C)(C)C1CCC(NCCOCCO)CC1. The van der Waals surface area contributed by atoms with E-state index in [1.807, 2.05) is 0 Å². The maximum absolute atomic E-state index is 8.60. The molecule has 0 aromatic heterocycles. The standard InChI is InChI=1S/C15H31NO2/c1-4-15(2,3)13-5-7-14(8-6-13)16-9-11-18-12-10-17/h13-14,16-17H,4-12H2,1-3H3. The quantitative estimate of drug-likeness (QED) is 0.657. The van der Waals surface area contributed by atoms with E-state index in [1.54, 1.807) is 0 Å². The fraction of sp³-hybridized carbons (Fsp3) is 1.00. The van der Waals surface area contributed by atoms with E-state index in [0.717, 1.165) is 12.5 Å². The summed E-state index contributed by atoms with van der Waals surface area (Å²) in [5, 5.41) is 12.2. The number of nitrogens with one attached hydrogen (secondary N) is 1. The molecule has 0 spiro atoms. The molecule has 1 fully saturated rings. The summed E-state index contributed by atoms with van der Waals surface area (Å²) in [6, 6.07) is 0.673. The van der Waals surface area contributed by atoms with E-state index in [2.05, 4.69) is 26.1 Å². The molecule has 3 nitrogen and oxygen atoms in total. The Morgan fingerprint density at radius 1 is 1.17 bits per heavy atom. The van der Waals surface area contributed by atoms with Crippen LogP contribution >= 0.6 is 0 Å². The van der Waals surface area contributed by atoms with Crippen molar-refractivity contribution in [1.29, 1.82) is 0 Å². The molecule has 108 valence electrons. The third-order valence-corrected chi connectivity index (χ3v) is 4.66. The van der Waals surface area contributed by atoms with Crippen molar-refractivity contribution in [2.75, 3.05) is 26.4 Å². The lowest BCUT2D eigenvalue weighted by Crippen LogP contribution is -2.38. The first kappa shape index (κ1) is 15.9. The van der Waals surface area contributed by atoms with Crippen LogP contribution in [0, 0.1) is 11.3 Å². The van der Waals surface area contributed by atoms with Crippen molar-refractivity contribution in [2.24, 2.45) is 11.3 Å². The Morgan fingerprint density at radius 2 is 1.83 bits per heavy atom. The summed E-state index contributed by atoms with van der Waals surface area (Å²) in [7, 11) is 0. The topological polar surface area (TPSA) is 41.5 Å². The summed E-state index contributed by atoms with van der Waals surface area (Å²) in [6.45, 7) is 9.33. The Morgan fingerprint density at radius 3 is 2.39 bits per heavy atom. The van der Waals surface area contributed by atoms with Gasteiger partial charge in [0.15, 0.2) is 0 Å². The summed E-state index contributed by atoms with van der Waals surface area (Å²) in [4.78, 5) is 0. The lowest BCUT2D eigenvalue weighted by atomic mass is 9.69. The van der Waals surface area contributed by atoms with Crippen molar-refractivity contribution >= 4 is 0 Å². The Kier molecular flexibility index (Phi) is 7.20. The van der Waals surface area contributed by atoms with Crippen molar-refractivity contribution in [3.8, 4) is 0 Å². The molecule has 0 aromatic carbocycles. The summed E-state index contributed by atoms with van der Waals surface area (Å²) >= 11 is 0. The van der Waals surface area contributed by atoms with Gasteiger partial charge in [0.2, 0.25) is 0 Å². The Labute approximate surface area is 112 Å². The van der Waals surface area contributed by atoms with Crippen LogP contribution in [-0.4, -0.2) is 37.5 Å². The molecule has 1 rings (SSSR count). The van der Waals surface area contributed by atoms with Crippen LogP contribution in [-0.2, 0) is 4.74 Å². The molecule has 1 saturated carbocycles. The molecule has 1 aliphatic carbocycles. The average Bonchev–Trinajstić information content (AvgIpc) is 2.39. The fourth-order valence-electron chi connectivity index (χ4n) is 2.87. The smallest absolute Gasteiger partial charge is 0.0698 e. The average molecular weight is 257 g/mol. The van der Waals surface area contributed by atoms with Crippen LogP contribution in [0.3, 0.4) is 0 Å². The molecule has 3 heteroatoms. The number of hydrogen-bond acceptors (Lipinski definition) is 3. The molecular weight excluding hydrogens is 226 g/mol. The highest BCUT2D eigenvalue weighted by atomic mass is 16.5. The van der Waals surface area contributed by atoms with E-state index >= 15 is 0 Å². The second-order valence-electron chi connectivity index (χ2n) is 6.18. The first-order valence-electron chi connectivity index (χ1n) is 7.52. The van der Waals surface area contributed by atoms with Gasteiger partial charge >= 0.3 is 0 Å². The van der Waals surface area contributed by atoms with Crippen molar-refractivity contribution in [3.63, 3.8) is 0 Å². The van der Waals surface area contributed by atoms with Crippen molar-refractivity contribution in [1.82, 2.24) is 5.32 Å². The predicted molar refractivity (Wildman–Crippen MR) is 75.7 cm³/mol. The normalized spacial score (nSPS) is 25.3. The van der Waals surface area contributed by atoms with Crippen molar-refractivity contribution in [2.45, 2.75) is 58.9 Å². The molecule has 0 saturated heterocycles. The highest BCUT2D eigenvalue weighted by Crippen LogP contribution is 2.40. The number of ether oxygens (including phenoxy) is 1. The summed E-state index contributed by atoms with van der Waals surface area (Å²) in [5.41, 5.74) is 0.509. The van der Waals surface area contributed by atoms with Gasteiger partial charge in [-0.2, -0.15) is 0 Å². The van der Waals surface area contributed by atoms with Crippen LogP contribution < -0.4 is 5.32 Å². The highest BCUT2D eigenvalue weighted by Gasteiger charge is 2.31.